The van der Waals surface area contributed by atoms with Crippen molar-refractivity contribution in [2.75, 3.05) is 0 Å². The van der Waals surface area contributed by atoms with E-state index in [-0.39, 0.29) is 6.04 Å². The molecule has 2 rings (SSSR count). The van der Waals surface area contributed by atoms with E-state index >= 15 is 0 Å². The highest BCUT2D eigenvalue weighted by Gasteiger charge is 2.09. The van der Waals surface area contributed by atoms with E-state index in [4.69, 9.17) is 10.5 Å². The SMILES string of the molecule is Cc1ccc(C)c(Oc2ncc(CC(C)N)cn2)c1C. The van der Waals surface area contributed by atoms with Crippen LogP contribution < -0.4 is 10.5 Å². The predicted octanol–water partition coefficient (Wildman–Crippen LogP) is 3.08. The van der Waals surface area contributed by atoms with Crippen molar-refractivity contribution in [3.05, 3.63) is 46.8 Å². The lowest BCUT2D eigenvalue weighted by atomic mass is 10.1. The summed E-state index contributed by atoms with van der Waals surface area (Å²) in [6, 6.07) is 4.61. The van der Waals surface area contributed by atoms with Crippen molar-refractivity contribution < 1.29 is 4.74 Å². The third-order valence-corrected chi connectivity index (χ3v) is 3.31. The summed E-state index contributed by atoms with van der Waals surface area (Å²) in [4.78, 5) is 8.50. The highest BCUT2D eigenvalue weighted by molar-refractivity contribution is 5.45. The van der Waals surface area contributed by atoms with E-state index < -0.39 is 0 Å². The first-order valence-corrected chi connectivity index (χ1v) is 6.78. The molecule has 1 aromatic carbocycles. The third kappa shape index (κ3) is 3.33. The second-order valence-electron chi connectivity index (χ2n) is 5.31. The number of aromatic nitrogens is 2. The van der Waals surface area contributed by atoms with E-state index in [1.807, 2.05) is 26.8 Å². The van der Waals surface area contributed by atoms with Crippen molar-refractivity contribution >= 4 is 0 Å². The van der Waals surface area contributed by atoms with E-state index in [1.165, 1.54) is 5.56 Å². The number of hydrogen-bond acceptors (Lipinski definition) is 4. The zero-order valence-corrected chi connectivity index (χ0v) is 12.5. The van der Waals surface area contributed by atoms with Gasteiger partial charge in [-0.1, -0.05) is 12.1 Å². The molecule has 0 spiro atoms. The van der Waals surface area contributed by atoms with Crippen molar-refractivity contribution in [2.24, 2.45) is 5.73 Å². The molecule has 0 saturated heterocycles. The van der Waals surface area contributed by atoms with Crippen molar-refractivity contribution in [3.8, 4) is 11.8 Å². The van der Waals surface area contributed by atoms with Crippen LogP contribution in [0.3, 0.4) is 0 Å². The van der Waals surface area contributed by atoms with E-state index in [0.29, 0.717) is 6.01 Å². The zero-order chi connectivity index (χ0) is 14.7. The Morgan fingerprint density at radius 1 is 1.10 bits per heavy atom. The molecule has 1 unspecified atom stereocenters. The van der Waals surface area contributed by atoms with Crippen LogP contribution in [0.2, 0.25) is 0 Å². The van der Waals surface area contributed by atoms with Gasteiger partial charge >= 0.3 is 6.01 Å². The first-order valence-electron chi connectivity index (χ1n) is 6.78. The molecule has 1 aromatic heterocycles. The van der Waals surface area contributed by atoms with Gasteiger partial charge in [0, 0.05) is 18.4 Å². The number of hydrogen-bond donors (Lipinski definition) is 1. The summed E-state index contributed by atoms with van der Waals surface area (Å²) in [6.07, 6.45) is 4.31. The van der Waals surface area contributed by atoms with Gasteiger partial charge in [0.05, 0.1) is 0 Å². The topological polar surface area (TPSA) is 61.0 Å². The Labute approximate surface area is 120 Å². The van der Waals surface area contributed by atoms with E-state index in [2.05, 4.69) is 23.0 Å². The first kappa shape index (κ1) is 14.5. The Bertz CT molecular complexity index is 591. The Hall–Kier alpha value is -1.94. The molecule has 4 heteroatoms. The highest BCUT2D eigenvalue weighted by atomic mass is 16.5. The van der Waals surface area contributed by atoms with Crippen molar-refractivity contribution in [2.45, 2.75) is 40.2 Å². The standard InChI is InChI=1S/C16H21N3O/c1-10-5-6-11(2)15(13(10)4)20-16-18-8-14(9-19-16)7-12(3)17/h5-6,8-9,12H,7,17H2,1-4H3. The Morgan fingerprint density at radius 2 is 1.70 bits per heavy atom. The fourth-order valence-corrected chi connectivity index (χ4v) is 2.05. The molecule has 0 amide bonds. The summed E-state index contributed by atoms with van der Waals surface area (Å²) in [5, 5.41) is 0. The molecule has 0 aliphatic rings. The summed E-state index contributed by atoms with van der Waals surface area (Å²) in [6.45, 7) is 8.09. The molecule has 20 heavy (non-hydrogen) atoms. The molecule has 1 heterocycles. The van der Waals surface area contributed by atoms with Gasteiger partial charge in [-0.3, -0.25) is 0 Å². The van der Waals surface area contributed by atoms with Gasteiger partial charge in [-0.05, 0) is 56.4 Å². The maximum atomic E-state index is 5.83. The molecule has 2 N–H and O–H groups in total. The van der Waals surface area contributed by atoms with Crippen LogP contribution in [0.15, 0.2) is 24.5 Å². The number of aryl methyl sites for hydroxylation is 2. The average Bonchev–Trinajstić information content (AvgIpc) is 2.40. The number of rotatable bonds is 4. The van der Waals surface area contributed by atoms with Crippen LogP contribution in [0.25, 0.3) is 0 Å². The first-order chi connectivity index (χ1) is 9.47. The van der Waals surface area contributed by atoms with E-state index in [9.17, 15) is 0 Å². The second kappa shape index (κ2) is 6.01. The Morgan fingerprint density at radius 3 is 2.30 bits per heavy atom. The summed E-state index contributed by atoms with van der Waals surface area (Å²) >= 11 is 0. The van der Waals surface area contributed by atoms with E-state index in [0.717, 1.165) is 28.9 Å². The molecule has 0 aliphatic carbocycles. The van der Waals surface area contributed by atoms with Crippen molar-refractivity contribution in [1.29, 1.82) is 0 Å². The molecule has 2 aromatic rings. The lowest BCUT2D eigenvalue weighted by molar-refractivity contribution is 0.434. The van der Waals surface area contributed by atoms with Crippen LogP contribution in [0.5, 0.6) is 11.8 Å². The Kier molecular flexibility index (Phi) is 4.35. The number of nitrogens with two attached hydrogens (primary N) is 1. The van der Waals surface area contributed by atoms with Gasteiger partial charge in [-0.25, -0.2) is 9.97 Å². The van der Waals surface area contributed by atoms with Crippen LogP contribution in [0.4, 0.5) is 0 Å². The lowest BCUT2D eigenvalue weighted by Crippen LogP contribution is -2.18. The van der Waals surface area contributed by atoms with Gasteiger partial charge in [0.1, 0.15) is 5.75 Å². The van der Waals surface area contributed by atoms with Gasteiger partial charge in [0.15, 0.2) is 0 Å². The van der Waals surface area contributed by atoms with E-state index in [1.54, 1.807) is 12.4 Å². The molecule has 0 radical (unpaired) electrons. The number of nitrogens with zero attached hydrogens (tertiary/aromatic N) is 2. The Balaban J connectivity index is 2.20. The largest absolute Gasteiger partial charge is 0.424 e. The zero-order valence-electron chi connectivity index (χ0n) is 12.5. The highest BCUT2D eigenvalue weighted by Crippen LogP contribution is 2.28. The molecular formula is C16H21N3O. The maximum Gasteiger partial charge on any atom is 0.321 e. The van der Waals surface area contributed by atoms with Crippen molar-refractivity contribution in [1.82, 2.24) is 9.97 Å². The lowest BCUT2D eigenvalue weighted by Gasteiger charge is -2.12. The minimum Gasteiger partial charge on any atom is -0.424 e. The summed E-state index contributed by atoms with van der Waals surface area (Å²) < 4.78 is 5.83. The molecule has 0 aliphatic heterocycles. The van der Waals surface area contributed by atoms with Crippen LogP contribution in [-0.4, -0.2) is 16.0 Å². The molecule has 0 saturated carbocycles. The monoisotopic (exact) mass is 271 g/mol. The molecule has 1 atom stereocenters. The second-order valence-corrected chi connectivity index (χ2v) is 5.31. The predicted molar refractivity (Wildman–Crippen MR) is 80.1 cm³/mol. The maximum absolute atomic E-state index is 5.83. The summed E-state index contributed by atoms with van der Waals surface area (Å²) in [7, 11) is 0. The van der Waals surface area contributed by atoms with Crippen LogP contribution >= 0.6 is 0 Å². The van der Waals surface area contributed by atoms with Crippen LogP contribution in [0.1, 0.15) is 29.2 Å². The van der Waals surface area contributed by atoms with Gasteiger partial charge in [-0.15, -0.1) is 0 Å². The average molecular weight is 271 g/mol. The summed E-state index contributed by atoms with van der Waals surface area (Å²) in [5.41, 5.74) is 10.2. The number of ether oxygens (including phenoxy) is 1. The third-order valence-electron chi connectivity index (χ3n) is 3.31. The minimum absolute atomic E-state index is 0.103. The van der Waals surface area contributed by atoms with Crippen molar-refractivity contribution in [3.63, 3.8) is 0 Å². The molecule has 106 valence electrons. The summed E-state index contributed by atoms with van der Waals surface area (Å²) in [5.74, 6) is 0.838. The van der Waals surface area contributed by atoms with Crippen LogP contribution in [-0.2, 0) is 6.42 Å². The molecular weight excluding hydrogens is 250 g/mol. The van der Waals surface area contributed by atoms with Crippen LogP contribution in [0, 0.1) is 20.8 Å². The smallest absolute Gasteiger partial charge is 0.321 e. The quantitative estimate of drug-likeness (QED) is 0.928. The molecule has 0 fully saturated rings. The fourth-order valence-electron chi connectivity index (χ4n) is 2.05. The molecule has 4 nitrogen and oxygen atoms in total. The number of benzene rings is 1. The normalized spacial score (nSPS) is 12.2. The van der Waals surface area contributed by atoms with Gasteiger partial charge < -0.3 is 10.5 Å². The minimum atomic E-state index is 0.103. The van der Waals surface area contributed by atoms with Gasteiger partial charge in [0.2, 0.25) is 0 Å². The van der Waals surface area contributed by atoms with Gasteiger partial charge in [-0.2, -0.15) is 0 Å². The molecule has 0 bridgehead atoms. The van der Waals surface area contributed by atoms with Gasteiger partial charge in [0.25, 0.3) is 0 Å². The fraction of sp³-hybridized carbons (Fsp3) is 0.375.